The van der Waals surface area contributed by atoms with Gasteiger partial charge in [0, 0.05) is 51.0 Å². The molecule has 52 heavy (non-hydrogen) atoms. The number of ether oxygens (including phenoxy) is 1. The zero-order chi connectivity index (χ0) is 37.6. The minimum absolute atomic E-state index is 0.0296. The molecule has 2 aliphatic rings. The Labute approximate surface area is 315 Å². The number of unbranched alkanes of at least 4 members (excludes halogenated alkanes) is 2. The van der Waals surface area contributed by atoms with E-state index in [1.54, 1.807) is 11.3 Å². The number of aryl methyl sites for hydroxylation is 1. The molecule has 0 bridgehead atoms. The second-order valence-corrected chi connectivity index (χ2v) is 16.2. The number of nitriles is 3. The fraction of sp³-hybridized carbons (Fsp3) is 0.400. The largest absolute Gasteiger partial charge is 0.480 e. The molecular formula is C45H51N5OS. The summed E-state index contributed by atoms with van der Waals surface area (Å²) in [4.78, 5) is 7.25. The first-order chi connectivity index (χ1) is 24.9. The third kappa shape index (κ3) is 8.04. The van der Waals surface area contributed by atoms with Gasteiger partial charge in [-0.25, -0.2) is 0 Å². The molecule has 5 rings (SSSR count). The Balaban J connectivity index is 1.40. The van der Waals surface area contributed by atoms with E-state index in [4.69, 9.17) is 4.74 Å². The average molecular weight is 710 g/mol. The monoisotopic (exact) mass is 709 g/mol. The van der Waals surface area contributed by atoms with Crippen LogP contribution in [-0.2, 0) is 4.74 Å². The van der Waals surface area contributed by atoms with E-state index < -0.39 is 5.60 Å². The molecule has 3 heterocycles. The third-order valence-electron chi connectivity index (χ3n) is 10.2. The maximum Gasteiger partial charge on any atom is 0.172 e. The van der Waals surface area contributed by atoms with Crippen LogP contribution in [0.15, 0.2) is 77.1 Å². The molecule has 268 valence electrons. The molecule has 0 saturated carbocycles. The number of thiophene rings is 1. The van der Waals surface area contributed by atoms with Gasteiger partial charge < -0.3 is 14.5 Å². The van der Waals surface area contributed by atoms with Gasteiger partial charge in [-0.2, -0.15) is 15.8 Å². The van der Waals surface area contributed by atoms with Crippen LogP contribution < -0.4 is 9.80 Å². The summed E-state index contributed by atoms with van der Waals surface area (Å²) in [5, 5.41) is 28.6. The van der Waals surface area contributed by atoms with Crippen molar-refractivity contribution in [3.05, 3.63) is 104 Å². The topological polar surface area (TPSA) is 87.1 Å². The molecule has 1 unspecified atom stereocenters. The van der Waals surface area contributed by atoms with Crippen molar-refractivity contribution in [3.63, 3.8) is 0 Å². The Morgan fingerprint density at radius 3 is 2.10 bits per heavy atom. The van der Waals surface area contributed by atoms with E-state index in [2.05, 4.69) is 118 Å². The van der Waals surface area contributed by atoms with E-state index in [0.29, 0.717) is 11.5 Å². The van der Waals surface area contributed by atoms with E-state index in [0.717, 1.165) is 29.3 Å². The van der Waals surface area contributed by atoms with Crippen molar-refractivity contribution < 1.29 is 4.74 Å². The summed E-state index contributed by atoms with van der Waals surface area (Å²) >= 11 is 1.66. The van der Waals surface area contributed by atoms with Crippen LogP contribution >= 0.6 is 11.3 Å². The van der Waals surface area contributed by atoms with Gasteiger partial charge in [0.1, 0.15) is 29.4 Å². The first kappa shape index (κ1) is 38.2. The number of allylic oxidation sites excluding steroid dienone is 2. The lowest BCUT2D eigenvalue weighted by molar-refractivity contribution is 0.0954. The number of hydrogen-bond acceptors (Lipinski definition) is 7. The van der Waals surface area contributed by atoms with Gasteiger partial charge in [0.05, 0.1) is 0 Å². The van der Waals surface area contributed by atoms with Crippen LogP contribution in [0.1, 0.15) is 113 Å². The lowest BCUT2D eigenvalue weighted by atomic mass is 9.78. The summed E-state index contributed by atoms with van der Waals surface area (Å²) in [5.41, 5.74) is 7.49. The SMILES string of the molecule is CCCCN(CCCC)c1ccc(N2c3cc(C)c(/C=C/c4ccc(/C=C/C5=C(C#N)C(=C(C#N)C#N)OC5(C)C)s4)cc3C(C)CC2(C)C)cc1. The number of benzene rings is 2. The van der Waals surface area contributed by atoms with Crippen molar-refractivity contribution >= 4 is 46.6 Å². The molecule has 1 atom stereocenters. The molecule has 0 amide bonds. The first-order valence-electron chi connectivity index (χ1n) is 18.5. The molecule has 1 aromatic heterocycles. The summed E-state index contributed by atoms with van der Waals surface area (Å²) in [7, 11) is 0. The Morgan fingerprint density at radius 1 is 0.904 bits per heavy atom. The summed E-state index contributed by atoms with van der Waals surface area (Å²) < 4.78 is 5.90. The lowest BCUT2D eigenvalue weighted by Gasteiger charge is -2.48. The molecule has 0 fully saturated rings. The van der Waals surface area contributed by atoms with Crippen molar-refractivity contribution in [3.8, 4) is 18.2 Å². The van der Waals surface area contributed by atoms with Gasteiger partial charge >= 0.3 is 0 Å². The Hall–Kier alpha value is -5.03. The highest BCUT2D eigenvalue weighted by atomic mass is 32.1. The highest BCUT2D eigenvalue weighted by molar-refractivity contribution is 7.13. The number of nitrogens with zero attached hydrogens (tertiary/aromatic N) is 5. The van der Waals surface area contributed by atoms with E-state index in [9.17, 15) is 15.8 Å². The van der Waals surface area contributed by atoms with Gasteiger partial charge in [-0.05, 0) is 137 Å². The fourth-order valence-electron chi connectivity index (χ4n) is 7.51. The standard InChI is InChI=1S/C45H51N5OS/c1-9-11-23-49(24-12-10-2)35-14-16-36(17-15-35)50-42-25-31(3)33(26-39(42)32(4)27-44(50,5)6)13-18-37-19-20-38(52-37)21-22-41-40(30-48)43(34(28-46)29-47)51-45(41,7)8/h13-22,25-26,32H,9-12,23-24,27H2,1-8H3/b18-13+,22-21+. The maximum absolute atomic E-state index is 9.86. The van der Waals surface area contributed by atoms with Crippen molar-refractivity contribution in [1.82, 2.24) is 0 Å². The second-order valence-electron chi connectivity index (χ2n) is 15.1. The molecule has 3 aromatic rings. The van der Waals surface area contributed by atoms with Crippen LogP contribution in [-0.4, -0.2) is 24.2 Å². The molecular weight excluding hydrogens is 659 g/mol. The number of hydrogen-bond donors (Lipinski definition) is 0. The third-order valence-corrected chi connectivity index (χ3v) is 11.2. The zero-order valence-electron chi connectivity index (χ0n) is 32.0. The number of anilines is 3. The highest BCUT2D eigenvalue weighted by Gasteiger charge is 2.39. The van der Waals surface area contributed by atoms with E-state index >= 15 is 0 Å². The Kier molecular flexibility index (Phi) is 11.8. The molecule has 2 aliphatic heterocycles. The van der Waals surface area contributed by atoms with Gasteiger partial charge in [-0.3, -0.25) is 0 Å². The maximum atomic E-state index is 9.86. The van der Waals surface area contributed by atoms with Gasteiger partial charge in [-0.15, -0.1) is 11.3 Å². The minimum Gasteiger partial charge on any atom is -0.480 e. The molecule has 2 aromatic carbocycles. The Morgan fingerprint density at radius 2 is 1.52 bits per heavy atom. The van der Waals surface area contributed by atoms with Crippen LogP contribution in [0.4, 0.5) is 17.1 Å². The number of rotatable bonds is 12. The predicted octanol–water partition coefficient (Wildman–Crippen LogP) is 12.0. The smallest absolute Gasteiger partial charge is 0.172 e. The van der Waals surface area contributed by atoms with Gasteiger partial charge in [-0.1, -0.05) is 45.8 Å². The summed E-state index contributed by atoms with van der Waals surface area (Å²) in [6.07, 6.45) is 14.1. The second kappa shape index (κ2) is 16.1. The number of fused-ring (bicyclic) bond motifs is 1. The van der Waals surface area contributed by atoms with Gasteiger partial charge in [0.15, 0.2) is 11.3 Å². The Bertz CT molecular complexity index is 2010. The zero-order valence-corrected chi connectivity index (χ0v) is 32.8. The van der Waals surface area contributed by atoms with Crippen LogP contribution in [0.3, 0.4) is 0 Å². The van der Waals surface area contributed by atoms with Crippen LogP contribution in [0, 0.1) is 40.9 Å². The van der Waals surface area contributed by atoms with Crippen molar-refractivity contribution in [2.24, 2.45) is 0 Å². The average Bonchev–Trinajstić information content (AvgIpc) is 3.67. The fourth-order valence-corrected chi connectivity index (χ4v) is 8.32. The normalized spacial score (nSPS) is 17.5. The van der Waals surface area contributed by atoms with Crippen LogP contribution in [0.25, 0.3) is 18.2 Å². The van der Waals surface area contributed by atoms with Crippen molar-refractivity contribution in [1.29, 1.82) is 15.8 Å². The summed E-state index contributed by atoms with van der Waals surface area (Å²) in [5.74, 6) is 0.479. The molecule has 6 nitrogen and oxygen atoms in total. The summed E-state index contributed by atoms with van der Waals surface area (Å²) in [6.45, 7) is 19.7. The van der Waals surface area contributed by atoms with Crippen LogP contribution in [0.2, 0.25) is 0 Å². The first-order valence-corrected chi connectivity index (χ1v) is 19.3. The van der Waals surface area contributed by atoms with Gasteiger partial charge in [0.25, 0.3) is 0 Å². The summed E-state index contributed by atoms with van der Waals surface area (Å²) in [6, 6.07) is 24.0. The van der Waals surface area contributed by atoms with E-state index in [1.165, 1.54) is 59.4 Å². The molecule has 0 aliphatic carbocycles. The van der Waals surface area contributed by atoms with Crippen LogP contribution in [0.5, 0.6) is 0 Å². The molecule has 7 heteroatoms. The predicted molar refractivity (Wildman–Crippen MR) is 217 cm³/mol. The van der Waals surface area contributed by atoms with Crippen molar-refractivity contribution in [2.45, 2.75) is 105 Å². The van der Waals surface area contributed by atoms with Gasteiger partial charge in [0.2, 0.25) is 0 Å². The van der Waals surface area contributed by atoms with E-state index in [-0.39, 0.29) is 22.4 Å². The molecule has 0 saturated heterocycles. The van der Waals surface area contributed by atoms with E-state index in [1.807, 2.05) is 38.1 Å². The lowest BCUT2D eigenvalue weighted by Crippen LogP contribution is -2.45. The quantitative estimate of drug-likeness (QED) is 0.174. The molecule has 0 radical (unpaired) electrons. The van der Waals surface area contributed by atoms with Crippen molar-refractivity contribution in [2.75, 3.05) is 22.9 Å². The highest BCUT2D eigenvalue weighted by Crippen LogP contribution is 2.48. The minimum atomic E-state index is -0.838. The molecule has 0 N–H and O–H groups in total. The molecule has 0 spiro atoms.